The molecule has 0 saturated carbocycles. The zero-order valence-corrected chi connectivity index (χ0v) is 20.1. The van der Waals surface area contributed by atoms with Gasteiger partial charge in [-0.25, -0.2) is 8.42 Å². The number of ether oxygens (including phenoxy) is 4. The number of carbonyl (C=O) groups is 1. The van der Waals surface area contributed by atoms with Crippen LogP contribution in [-0.4, -0.2) is 42.3 Å². The van der Waals surface area contributed by atoms with Gasteiger partial charge in [0.15, 0.2) is 18.1 Å². The molecule has 3 rings (SSSR count). The van der Waals surface area contributed by atoms with Gasteiger partial charge in [0.05, 0.1) is 37.6 Å². The highest BCUT2D eigenvalue weighted by Crippen LogP contribution is 2.31. The maximum Gasteiger partial charge on any atom is 0.262 e. The van der Waals surface area contributed by atoms with Crippen LogP contribution in [-0.2, 0) is 14.8 Å². The average molecular weight is 487 g/mol. The fourth-order valence-electron chi connectivity index (χ4n) is 3.11. The molecule has 34 heavy (non-hydrogen) atoms. The molecular weight excluding hydrogens is 460 g/mol. The van der Waals surface area contributed by atoms with E-state index in [4.69, 9.17) is 18.9 Å². The molecule has 0 atom stereocenters. The first-order valence-corrected chi connectivity index (χ1v) is 11.7. The highest BCUT2D eigenvalue weighted by atomic mass is 32.2. The fraction of sp³-hybridized carbons (Fsp3) is 0.208. The molecule has 3 aromatic carbocycles. The van der Waals surface area contributed by atoms with Crippen molar-refractivity contribution >= 4 is 27.3 Å². The van der Waals surface area contributed by atoms with Gasteiger partial charge in [-0.2, -0.15) is 0 Å². The fourth-order valence-corrected chi connectivity index (χ4v) is 4.20. The van der Waals surface area contributed by atoms with Crippen LogP contribution in [0.25, 0.3) is 0 Å². The van der Waals surface area contributed by atoms with Crippen LogP contribution < -0.4 is 29.0 Å². The van der Waals surface area contributed by atoms with Gasteiger partial charge in [0.2, 0.25) is 0 Å². The van der Waals surface area contributed by atoms with Crippen LogP contribution in [0.2, 0.25) is 0 Å². The Balaban J connectivity index is 1.78. The molecule has 0 heterocycles. The molecule has 0 unspecified atom stereocenters. The number of methoxy groups -OCH3 is 3. The SMILES string of the molecule is COc1ccc(S(=O)(=O)Nc2ccccc2OC)cc1NC(=O)COc1ccc(C)cc1OC. The molecule has 180 valence electrons. The minimum Gasteiger partial charge on any atom is -0.495 e. The first kappa shape index (κ1) is 24.7. The van der Waals surface area contributed by atoms with Crippen LogP contribution in [0.4, 0.5) is 11.4 Å². The largest absolute Gasteiger partial charge is 0.495 e. The Hall–Kier alpha value is -3.92. The van der Waals surface area contributed by atoms with Crippen molar-refractivity contribution in [2.24, 2.45) is 0 Å². The zero-order chi connectivity index (χ0) is 24.7. The van der Waals surface area contributed by atoms with Crippen LogP contribution in [0.15, 0.2) is 65.6 Å². The third-order valence-electron chi connectivity index (χ3n) is 4.78. The molecule has 0 aliphatic rings. The predicted octanol–water partition coefficient (Wildman–Crippen LogP) is 3.84. The summed E-state index contributed by atoms with van der Waals surface area (Å²) < 4.78 is 49.7. The minimum absolute atomic E-state index is 0.0735. The molecule has 3 aromatic rings. The van der Waals surface area contributed by atoms with E-state index < -0.39 is 15.9 Å². The molecule has 9 nitrogen and oxygen atoms in total. The zero-order valence-electron chi connectivity index (χ0n) is 19.2. The number of amides is 1. The Labute approximate surface area is 198 Å². The number of nitrogens with one attached hydrogen (secondary N) is 2. The quantitative estimate of drug-likeness (QED) is 0.448. The van der Waals surface area contributed by atoms with Gasteiger partial charge in [-0.05, 0) is 55.0 Å². The van der Waals surface area contributed by atoms with Crippen molar-refractivity contribution in [3.63, 3.8) is 0 Å². The second kappa shape index (κ2) is 10.8. The molecule has 0 aliphatic carbocycles. The maximum atomic E-state index is 13.0. The van der Waals surface area contributed by atoms with E-state index in [-0.39, 0.29) is 28.6 Å². The number of sulfonamides is 1. The number of hydrogen-bond donors (Lipinski definition) is 2. The maximum absolute atomic E-state index is 13.0. The van der Waals surface area contributed by atoms with E-state index in [0.29, 0.717) is 17.2 Å². The predicted molar refractivity (Wildman–Crippen MR) is 129 cm³/mol. The van der Waals surface area contributed by atoms with Gasteiger partial charge in [0.25, 0.3) is 15.9 Å². The monoisotopic (exact) mass is 486 g/mol. The van der Waals surface area contributed by atoms with Crippen LogP contribution >= 0.6 is 0 Å². The van der Waals surface area contributed by atoms with E-state index in [1.807, 2.05) is 13.0 Å². The lowest BCUT2D eigenvalue weighted by Gasteiger charge is -2.15. The number of carbonyl (C=O) groups excluding carboxylic acids is 1. The summed E-state index contributed by atoms with van der Waals surface area (Å²) >= 11 is 0. The second-order valence-electron chi connectivity index (χ2n) is 7.16. The smallest absolute Gasteiger partial charge is 0.262 e. The van der Waals surface area contributed by atoms with Crippen molar-refractivity contribution in [2.45, 2.75) is 11.8 Å². The van der Waals surface area contributed by atoms with E-state index in [1.165, 1.54) is 39.5 Å². The molecule has 0 aromatic heterocycles. The normalized spacial score (nSPS) is 10.8. The molecule has 0 spiro atoms. The summed E-state index contributed by atoms with van der Waals surface area (Å²) in [5.41, 5.74) is 1.44. The van der Waals surface area contributed by atoms with Gasteiger partial charge >= 0.3 is 0 Å². The molecule has 0 bridgehead atoms. The molecule has 0 aliphatic heterocycles. The number of anilines is 2. The Morgan fingerprint density at radius 1 is 0.794 bits per heavy atom. The summed E-state index contributed by atoms with van der Waals surface area (Å²) in [5, 5.41) is 2.63. The minimum atomic E-state index is -3.98. The average Bonchev–Trinajstić information content (AvgIpc) is 2.83. The Bertz CT molecular complexity index is 1280. The van der Waals surface area contributed by atoms with Crippen LogP contribution in [0, 0.1) is 6.92 Å². The highest BCUT2D eigenvalue weighted by Gasteiger charge is 2.19. The number of para-hydroxylation sites is 2. The van der Waals surface area contributed by atoms with Gasteiger partial charge in [-0.1, -0.05) is 18.2 Å². The lowest BCUT2D eigenvalue weighted by atomic mass is 10.2. The van der Waals surface area contributed by atoms with Crippen molar-refractivity contribution in [2.75, 3.05) is 38.0 Å². The lowest BCUT2D eigenvalue weighted by Crippen LogP contribution is -2.21. The summed E-state index contributed by atoms with van der Waals surface area (Å²) in [6, 6.07) is 16.1. The first-order valence-electron chi connectivity index (χ1n) is 10.2. The lowest BCUT2D eigenvalue weighted by molar-refractivity contribution is -0.118. The van der Waals surface area contributed by atoms with E-state index in [2.05, 4.69) is 10.0 Å². The molecule has 0 saturated heterocycles. The molecular formula is C24H26N2O7S. The van der Waals surface area contributed by atoms with Gasteiger partial charge in [-0.15, -0.1) is 0 Å². The summed E-state index contributed by atoms with van der Waals surface area (Å²) in [5.74, 6) is 1.07. The van der Waals surface area contributed by atoms with Crippen molar-refractivity contribution in [3.8, 4) is 23.0 Å². The van der Waals surface area contributed by atoms with Crippen molar-refractivity contribution < 1.29 is 32.2 Å². The third-order valence-corrected chi connectivity index (χ3v) is 6.15. The number of rotatable bonds is 10. The van der Waals surface area contributed by atoms with Crippen LogP contribution in [0.5, 0.6) is 23.0 Å². The number of hydrogen-bond acceptors (Lipinski definition) is 7. The first-order chi connectivity index (χ1) is 16.3. The molecule has 1 amide bonds. The Morgan fingerprint density at radius 3 is 2.15 bits per heavy atom. The number of benzene rings is 3. The summed E-state index contributed by atoms with van der Waals surface area (Å²) in [6.07, 6.45) is 0. The summed E-state index contributed by atoms with van der Waals surface area (Å²) in [7, 11) is 0.393. The highest BCUT2D eigenvalue weighted by molar-refractivity contribution is 7.92. The Kier molecular flexibility index (Phi) is 7.85. The second-order valence-corrected chi connectivity index (χ2v) is 8.84. The molecule has 0 fully saturated rings. The van der Waals surface area contributed by atoms with Crippen molar-refractivity contribution in [1.29, 1.82) is 0 Å². The van der Waals surface area contributed by atoms with Gasteiger partial charge in [0.1, 0.15) is 11.5 Å². The van der Waals surface area contributed by atoms with E-state index in [9.17, 15) is 13.2 Å². The topological polar surface area (TPSA) is 112 Å². The van der Waals surface area contributed by atoms with E-state index in [1.54, 1.807) is 36.4 Å². The summed E-state index contributed by atoms with van der Waals surface area (Å²) in [4.78, 5) is 12.5. The van der Waals surface area contributed by atoms with Gasteiger partial charge in [0, 0.05) is 0 Å². The van der Waals surface area contributed by atoms with Crippen LogP contribution in [0.1, 0.15) is 5.56 Å². The third kappa shape index (κ3) is 5.90. The summed E-state index contributed by atoms with van der Waals surface area (Å²) in [6.45, 7) is 1.59. The van der Waals surface area contributed by atoms with E-state index >= 15 is 0 Å². The van der Waals surface area contributed by atoms with Gasteiger partial charge < -0.3 is 24.3 Å². The molecule has 0 radical (unpaired) electrons. The Morgan fingerprint density at radius 2 is 1.44 bits per heavy atom. The van der Waals surface area contributed by atoms with Gasteiger partial charge in [-0.3, -0.25) is 9.52 Å². The van der Waals surface area contributed by atoms with Crippen LogP contribution in [0.3, 0.4) is 0 Å². The van der Waals surface area contributed by atoms with E-state index in [0.717, 1.165) is 5.56 Å². The standard InChI is InChI=1S/C24H26N2O7S/c1-16-9-11-22(23(13-16)32-4)33-15-24(27)25-19-14-17(10-12-21(19)31-3)34(28,29)26-18-7-5-6-8-20(18)30-2/h5-14,26H,15H2,1-4H3,(H,25,27). The molecule has 10 heteroatoms. The molecule has 2 N–H and O–H groups in total. The van der Waals surface area contributed by atoms with Crippen molar-refractivity contribution in [3.05, 3.63) is 66.2 Å². The number of aryl methyl sites for hydroxylation is 1. The van der Waals surface area contributed by atoms with Crippen molar-refractivity contribution in [1.82, 2.24) is 0 Å².